The predicted molar refractivity (Wildman–Crippen MR) is 81.5 cm³/mol. The molecule has 22 heavy (non-hydrogen) atoms. The van der Waals surface area contributed by atoms with Gasteiger partial charge in [0, 0.05) is 17.7 Å². The number of nitrogens with zero attached hydrogens (tertiary/aromatic N) is 2. The number of furan rings is 1. The van der Waals surface area contributed by atoms with Crippen molar-refractivity contribution in [1.82, 2.24) is 15.1 Å². The van der Waals surface area contributed by atoms with Crippen LogP contribution in [0.1, 0.15) is 59.8 Å². The minimum absolute atomic E-state index is 0.00964. The average molecular weight is 299 g/mol. The molecule has 0 bridgehead atoms. The molecule has 1 amide bonds. The second kappa shape index (κ2) is 5.00. The van der Waals surface area contributed by atoms with E-state index in [1.807, 2.05) is 17.9 Å². The van der Waals surface area contributed by atoms with Gasteiger partial charge in [-0.1, -0.05) is 6.92 Å². The highest BCUT2D eigenvalue weighted by molar-refractivity contribution is 5.92. The minimum Gasteiger partial charge on any atom is -0.464 e. The summed E-state index contributed by atoms with van der Waals surface area (Å²) < 4.78 is 5.96. The van der Waals surface area contributed by atoms with Crippen LogP contribution in [0.5, 0.6) is 0 Å². The van der Waals surface area contributed by atoms with Crippen molar-refractivity contribution in [3.8, 4) is 0 Å². The Morgan fingerprint density at radius 3 is 2.82 bits per heavy atom. The number of amides is 1. The number of aromatic amines is 1. The van der Waals surface area contributed by atoms with Gasteiger partial charge in [0.15, 0.2) is 0 Å². The fraction of sp³-hybridized carbons (Fsp3) is 0.529. The quantitative estimate of drug-likeness (QED) is 0.922. The fourth-order valence-corrected chi connectivity index (χ4v) is 2.99. The van der Waals surface area contributed by atoms with Gasteiger partial charge in [-0.05, 0) is 50.3 Å². The molecular formula is C17H21N3O2. The second-order valence-electron chi connectivity index (χ2n) is 6.72. The Hall–Kier alpha value is -2.04. The van der Waals surface area contributed by atoms with Crippen molar-refractivity contribution in [3.05, 3.63) is 41.1 Å². The van der Waals surface area contributed by atoms with Crippen molar-refractivity contribution in [1.29, 1.82) is 0 Å². The van der Waals surface area contributed by atoms with Gasteiger partial charge in [-0.25, -0.2) is 0 Å². The van der Waals surface area contributed by atoms with Gasteiger partial charge in [0.05, 0.1) is 6.54 Å². The van der Waals surface area contributed by atoms with Crippen LogP contribution < -0.4 is 0 Å². The van der Waals surface area contributed by atoms with Crippen LogP contribution in [-0.2, 0) is 6.54 Å². The van der Waals surface area contributed by atoms with Gasteiger partial charge in [-0.15, -0.1) is 0 Å². The monoisotopic (exact) mass is 299 g/mol. The van der Waals surface area contributed by atoms with E-state index in [0.29, 0.717) is 24.2 Å². The van der Waals surface area contributed by atoms with Crippen molar-refractivity contribution in [2.45, 2.75) is 51.6 Å². The molecule has 2 aliphatic rings. The summed E-state index contributed by atoms with van der Waals surface area (Å²) in [5, 5.41) is 6.93. The third kappa shape index (κ3) is 2.56. The highest BCUT2D eigenvalue weighted by Gasteiger charge is 2.38. The van der Waals surface area contributed by atoms with Crippen molar-refractivity contribution >= 4 is 5.91 Å². The van der Waals surface area contributed by atoms with Crippen LogP contribution in [0.25, 0.3) is 0 Å². The number of carbonyl (C=O) groups is 1. The number of hydrogen-bond donors (Lipinski definition) is 1. The number of rotatable bonds is 5. The van der Waals surface area contributed by atoms with Crippen LogP contribution in [0.3, 0.4) is 0 Å². The maximum absolute atomic E-state index is 12.7. The lowest BCUT2D eigenvalue weighted by molar-refractivity contribution is 0.0710. The molecular weight excluding hydrogens is 278 g/mol. The van der Waals surface area contributed by atoms with Crippen LogP contribution in [0, 0.1) is 12.8 Å². The lowest BCUT2D eigenvalue weighted by Gasteiger charge is -2.20. The Labute approximate surface area is 129 Å². The third-order valence-electron chi connectivity index (χ3n) is 4.66. The SMILES string of the molecule is Cc1cc(C(=O)N(Cc2ccc(C3CC3C)o2)C2CC2)n[nH]1. The fourth-order valence-electron chi connectivity index (χ4n) is 2.99. The van der Waals surface area contributed by atoms with E-state index in [1.54, 1.807) is 6.07 Å². The van der Waals surface area contributed by atoms with E-state index in [-0.39, 0.29) is 5.91 Å². The van der Waals surface area contributed by atoms with E-state index < -0.39 is 0 Å². The molecule has 2 saturated carbocycles. The Balaban J connectivity index is 1.50. The molecule has 2 atom stereocenters. The number of nitrogens with one attached hydrogen (secondary N) is 1. The van der Waals surface area contributed by atoms with Crippen LogP contribution >= 0.6 is 0 Å². The number of aryl methyl sites for hydroxylation is 1. The van der Waals surface area contributed by atoms with Crippen LogP contribution in [-0.4, -0.2) is 27.0 Å². The molecule has 5 heteroatoms. The van der Waals surface area contributed by atoms with Crippen LogP contribution in [0.4, 0.5) is 0 Å². The summed E-state index contributed by atoms with van der Waals surface area (Å²) >= 11 is 0. The molecule has 116 valence electrons. The van der Waals surface area contributed by atoms with E-state index in [1.165, 1.54) is 6.42 Å². The van der Waals surface area contributed by atoms with Gasteiger partial charge in [-0.2, -0.15) is 5.10 Å². The summed E-state index contributed by atoms with van der Waals surface area (Å²) in [6, 6.07) is 6.21. The minimum atomic E-state index is -0.00964. The summed E-state index contributed by atoms with van der Waals surface area (Å²) in [5.41, 5.74) is 1.40. The third-order valence-corrected chi connectivity index (χ3v) is 4.66. The molecule has 2 unspecified atom stereocenters. The molecule has 2 fully saturated rings. The molecule has 1 N–H and O–H groups in total. The van der Waals surface area contributed by atoms with Gasteiger partial charge in [0.25, 0.3) is 5.91 Å². The van der Waals surface area contributed by atoms with Gasteiger partial charge < -0.3 is 9.32 Å². The van der Waals surface area contributed by atoms with Gasteiger partial charge in [-0.3, -0.25) is 9.89 Å². The molecule has 0 spiro atoms. The van der Waals surface area contributed by atoms with Crippen molar-refractivity contribution in [3.63, 3.8) is 0 Å². The zero-order valence-corrected chi connectivity index (χ0v) is 13.0. The first kappa shape index (κ1) is 13.6. The maximum atomic E-state index is 12.7. The zero-order valence-electron chi connectivity index (χ0n) is 13.0. The molecule has 2 aromatic heterocycles. The van der Waals surface area contributed by atoms with E-state index in [9.17, 15) is 4.79 Å². The molecule has 2 heterocycles. The molecule has 2 aliphatic carbocycles. The molecule has 5 nitrogen and oxygen atoms in total. The van der Waals surface area contributed by atoms with Crippen LogP contribution in [0.15, 0.2) is 22.6 Å². The van der Waals surface area contributed by atoms with Crippen LogP contribution in [0.2, 0.25) is 0 Å². The summed E-state index contributed by atoms with van der Waals surface area (Å²) in [7, 11) is 0. The van der Waals surface area contributed by atoms with E-state index >= 15 is 0 Å². The Kier molecular flexibility index (Phi) is 3.10. The predicted octanol–water partition coefficient (Wildman–Crippen LogP) is 3.24. The number of H-pyrrole nitrogens is 1. The molecule has 0 aliphatic heterocycles. The number of aromatic nitrogens is 2. The second-order valence-corrected chi connectivity index (χ2v) is 6.72. The lowest BCUT2D eigenvalue weighted by Crippen LogP contribution is -2.32. The van der Waals surface area contributed by atoms with Gasteiger partial charge in [0.1, 0.15) is 17.2 Å². The number of carbonyl (C=O) groups excluding carboxylic acids is 1. The topological polar surface area (TPSA) is 62.1 Å². The van der Waals surface area contributed by atoms with Crippen molar-refractivity contribution in [2.24, 2.45) is 5.92 Å². The van der Waals surface area contributed by atoms with Gasteiger partial charge in [0.2, 0.25) is 0 Å². The Morgan fingerprint density at radius 2 is 2.23 bits per heavy atom. The average Bonchev–Trinajstić information content (AvgIpc) is 3.37. The van der Waals surface area contributed by atoms with E-state index in [4.69, 9.17) is 4.42 Å². The normalized spacial score (nSPS) is 23.5. The van der Waals surface area contributed by atoms with Crippen molar-refractivity contribution in [2.75, 3.05) is 0 Å². The summed E-state index contributed by atoms with van der Waals surface area (Å²) in [6.07, 6.45) is 3.36. The summed E-state index contributed by atoms with van der Waals surface area (Å²) in [5.74, 6) is 3.24. The zero-order chi connectivity index (χ0) is 15.3. The maximum Gasteiger partial charge on any atom is 0.275 e. The first-order valence-corrected chi connectivity index (χ1v) is 8.03. The highest BCUT2D eigenvalue weighted by Crippen LogP contribution is 2.47. The Morgan fingerprint density at radius 1 is 1.45 bits per heavy atom. The molecule has 0 aromatic carbocycles. The number of hydrogen-bond acceptors (Lipinski definition) is 3. The molecule has 0 radical (unpaired) electrons. The largest absolute Gasteiger partial charge is 0.464 e. The van der Waals surface area contributed by atoms with E-state index in [0.717, 1.165) is 36.0 Å². The summed E-state index contributed by atoms with van der Waals surface area (Å²) in [4.78, 5) is 14.5. The van der Waals surface area contributed by atoms with Crippen molar-refractivity contribution < 1.29 is 9.21 Å². The smallest absolute Gasteiger partial charge is 0.275 e. The highest BCUT2D eigenvalue weighted by atomic mass is 16.3. The first-order valence-electron chi connectivity index (χ1n) is 8.03. The van der Waals surface area contributed by atoms with Gasteiger partial charge >= 0.3 is 0 Å². The standard InChI is InChI=1S/C17H21N3O2/c1-10-7-14(10)16-6-5-13(22-16)9-20(12-3-4-12)17(21)15-8-11(2)18-19-15/h5-6,8,10,12,14H,3-4,7,9H2,1-2H3,(H,18,19). The molecule has 4 rings (SSSR count). The molecule has 0 saturated heterocycles. The lowest BCUT2D eigenvalue weighted by atomic mass is 10.2. The molecule has 2 aromatic rings. The van der Waals surface area contributed by atoms with E-state index in [2.05, 4.69) is 23.2 Å². The Bertz CT molecular complexity index is 698. The first-order chi connectivity index (χ1) is 10.6. The summed E-state index contributed by atoms with van der Waals surface area (Å²) in [6.45, 7) is 4.68.